The van der Waals surface area contributed by atoms with E-state index in [0.29, 0.717) is 24.7 Å². The van der Waals surface area contributed by atoms with E-state index in [2.05, 4.69) is 36.1 Å². The lowest BCUT2D eigenvalue weighted by atomic mass is 9.95. The molecule has 0 radical (unpaired) electrons. The molecule has 1 saturated carbocycles. The molecule has 3 unspecified atom stereocenters. The molecule has 2 N–H and O–H groups in total. The third kappa shape index (κ3) is 2.50. The molecule has 0 spiro atoms. The molecule has 1 aliphatic carbocycles. The van der Waals surface area contributed by atoms with Crippen LogP contribution in [0.5, 0.6) is 0 Å². The van der Waals surface area contributed by atoms with E-state index in [0.717, 1.165) is 19.6 Å². The summed E-state index contributed by atoms with van der Waals surface area (Å²) in [4.78, 5) is 2.62. The van der Waals surface area contributed by atoms with E-state index in [-0.39, 0.29) is 0 Å². The molecule has 1 saturated heterocycles. The second-order valence-electron chi connectivity index (χ2n) is 5.95. The molecule has 20 heavy (non-hydrogen) atoms. The maximum absolute atomic E-state index is 6.16. The van der Waals surface area contributed by atoms with Gasteiger partial charge in [0, 0.05) is 25.2 Å². The molecule has 110 valence electrons. The maximum atomic E-state index is 6.16. The van der Waals surface area contributed by atoms with Crippen molar-refractivity contribution in [1.29, 1.82) is 0 Å². The Morgan fingerprint density at radius 3 is 3.00 bits per heavy atom. The van der Waals surface area contributed by atoms with Crippen LogP contribution in [0.1, 0.15) is 43.4 Å². The van der Waals surface area contributed by atoms with Crippen LogP contribution >= 0.6 is 0 Å². The van der Waals surface area contributed by atoms with E-state index in [4.69, 9.17) is 10.5 Å². The number of aryl methyl sites for hydroxylation is 1. The summed E-state index contributed by atoms with van der Waals surface area (Å²) in [5.74, 6) is 0. The van der Waals surface area contributed by atoms with Crippen LogP contribution in [0.4, 0.5) is 0 Å². The first kappa shape index (κ1) is 14.1. The number of nitrogens with two attached hydrogens (primary N) is 1. The predicted octanol–water partition coefficient (Wildman–Crippen LogP) is 2.50. The van der Waals surface area contributed by atoms with Gasteiger partial charge in [0.05, 0.1) is 12.7 Å². The molecule has 3 nitrogen and oxygen atoms in total. The second-order valence-corrected chi connectivity index (χ2v) is 5.95. The average molecular weight is 274 g/mol. The maximum Gasteiger partial charge on any atom is 0.0731 e. The van der Waals surface area contributed by atoms with Crippen molar-refractivity contribution < 1.29 is 4.74 Å². The van der Waals surface area contributed by atoms with E-state index in [1.807, 2.05) is 0 Å². The number of ether oxygens (including phenoxy) is 1. The van der Waals surface area contributed by atoms with Crippen molar-refractivity contribution >= 4 is 0 Å². The van der Waals surface area contributed by atoms with Crippen LogP contribution in [0.3, 0.4) is 0 Å². The van der Waals surface area contributed by atoms with Gasteiger partial charge < -0.3 is 10.5 Å². The number of fused-ring (bicyclic) bond motifs is 1. The molecule has 1 aliphatic heterocycles. The van der Waals surface area contributed by atoms with Gasteiger partial charge in [-0.05, 0) is 36.8 Å². The smallest absolute Gasteiger partial charge is 0.0731 e. The second kappa shape index (κ2) is 6.25. The summed E-state index contributed by atoms with van der Waals surface area (Å²) in [5, 5.41) is 0. The highest BCUT2D eigenvalue weighted by atomic mass is 16.5. The largest absolute Gasteiger partial charge is 0.375 e. The summed E-state index contributed by atoms with van der Waals surface area (Å²) in [6, 6.07) is 9.69. The molecular formula is C17H26N2O. The predicted molar refractivity (Wildman–Crippen MR) is 81.7 cm³/mol. The zero-order valence-electron chi connectivity index (χ0n) is 12.4. The Balaban J connectivity index is 1.88. The molecular weight excluding hydrogens is 248 g/mol. The first-order valence-electron chi connectivity index (χ1n) is 8.00. The molecule has 0 aromatic heterocycles. The van der Waals surface area contributed by atoms with Crippen LogP contribution in [-0.2, 0) is 11.2 Å². The lowest BCUT2D eigenvalue weighted by molar-refractivity contribution is -0.0712. The topological polar surface area (TPSA) is 38.5 Å². The monoisotopic (exact) mass is 274 g/mol. The van der Waals surface area contributed by atoms with Crippen LogP contribution in [0.25, 0.3) is 0 Å². The molecule has 3 heteroatoms. The van der Waals surface area contributed by atoms with Crippen molar-refractivity contribution in [2.75, 3.05) is 19.7 Å². The van der Waals surface area contributed by atoms with Gasteiger partial charge in [-0.2, -0.15) is 0 Å². The zero-order valence-corrected chi connectivity index (χ0v) is 12.4. The highest BCUT2D eigenvalue weighted by molar-refractivity contribution is 5.30. The van der Waals surface area contributed by atoms with E-state index < -0.39 is 0 Å². The Morgan fingerprint density at radius 2 is 2.20 bits per heavy atom. The summed E-state index contributed by atoms with van der Waals surface area (Å²) >= 11 is 0. The van der Waals surface area contributed by atoms with Crippen LogP contribution < -0.4 is 5.73 Å². The van der Waals surface area contributed by atoms with Gasteiger partial charge in [-0.25, -0.2) is 0 Å². The number of benzene rings is 1. The molecule has 1 aromatic carbocycles. The van der Waals surface area contributed by atoms with Gasteiger partial charge in [0.2, 0.25) is 0 Å². The van der Waals surface area contributed by atoms with Crippen LogP contribution in [-0.4, -0.2) is 36.7 Å². The first-order chi connectivity index (χ1) is 9.85. The fourth-order valence-corrected chi connectivity index (χ4v) is 3.96. The lowest BCUT2D eigenvalue weighted by Crippen LogP contribution is -2.51. The van der Waals surface area contributed by atoms with Gasteiger partial charge >= 0.3 is 0 Å². The molecule has 1 heterocycles. The van der Waals surface area contributed by atoms with Crippen molar-refractivity contribution in [3.8, 4) is 0 Å². The lowest BCUT2D eigenvalue weighted by Gasteiger charge is -2.43. The van der Waals surface area contributed by atoms with Gasteiger partial charge in [0.25, 0.3) is 0 Å². The van der Waals surface area contributed by atoms with Gasteiger partial charge in [-0.3, -0.25) is 4.90 Å². The minimum Gasteiger partial charge on any atom is -0.375 e. The summed E-state index contributed by atoms with van der Waals surface area (Å²) in [6.07, 6.45) is 5.28. The number of hydrogen-bond acceptors (Lipinski definition) is 3. The highest BCUT2D eigenvalue weighted by Gasteiger charge is 2.39. The molecule has 3 atom stereocenters. The summed E-state index contributed by atoms with van der Waals surface area (Å²) in [7, 11) is 0. The van der Waals surface area contributed by atoms with Crippen molar-refractivity contribution in [2.45, 2.75) is 50.8 Å². The van der Waals surface area contributed by atoms with Crippen LogP contribution in [0.2, 0.25) is 0 Å². The molecule has 0 bridgehead atoms. The van der Waals surface area contributed by atoms with E-state index in [1.165, 1.54) is 30.4 Å². The van der Waals surface area contributed by atoms with Crippen LogP contribution in [0, 0.1) is 0 Å². The Hall–Kier alpha value is -0.900. The Labute approximate surface area is 122 Å². The average Bonchev–Trinajstić information content (AvgIpc) is 2.98. The van der Waals surface area contributed by atoms with E-state index >= 15 is 0 Å². The first-order valence-corrected chi connectivity index (χ1v) is 8.00. The van der Waals surface area contributed by atoms with Gasteiger partial charge in [0.15, 0.2) is 0 Å². The number of morpholine rings is 1. The van der Waals surface area contributed by atoms with Crippen molar-refractivity contribution in [2.24, 2.45) is 5.73 Å². The third-order valence-corrected chi connectivity index (χ3v) is 4.94. The van der Waals surface area contributed by atoms with Crippen molar-refractivity contribution in [3.05, 3.63) is 35.4 Å². The number of nitrogens with zero attached hydrogens (tertiary/aromatic N) is 1. The summed E-state index contributed by atoms with van der Waals surface area (Å²) in [6.45, 7) is 4.79. The molecule has 1 aromatic rings. The van der Waals surface area contributed by atoms with E-state index in [9.17, 15) is 0 Å². The van der Waals surface area contributed by atoms with Gasteiger partial charge in [-0.15, -0.1) is 0 Å². The highest BCUT2D eigenvalue weighted by Crippen LogP contribution is 2.35. The van der Waals surface area contributed by atoms with Gasteiger partial charge in [-0.1, -0.05) is 31.2 Å². The minimum absolute atomic E-state index is 0.348. The quantitative estimate of drug-likeness (QED) is 0.917. The van der Waals surface area contributed by atoms with Crippen molar-refractivity contribution in [3.63, 3.8) is 0 Å². The van der Waals surface area contributed by atoms with E-state index in [1.54, 1.807) is 0 Å². The fourth-order valence-electron chi connectivity index (χ4n) is 3.96. The standard InChI is InChI=1S/C17H26N2O/c1-2-13-6-3-4-7-14(13)16(12-18)19-10-11-20-17-9-5-8-15(17)19/h3-4,6-7,15-17H,2,5,8-12,18H2,1H3. The normalized spacial score (nSPS) is 28.3. The zero-order chi connectivity index (χ0) is 13.9. The molecule has 3 rings (SSSR count). The van der Waals surface area contributed by atoms with Crippen molar-refractivity contribution in [1.82, 2.24) is 4.90 Å². The minimum atomic E-state index is 0.348. The number of hydrogen-bond donors (Lipinski definition) is 1. The molecule has 2 fully saturated rings. The van der Waals surface area contributed by atoms with Crippen LogP contribution in [0.15, 0.2) is 24.3 Å². The third-order valence-electron chi connectivity index (χ3n) is 4.94. The Kier molecular flexibility index (Phi) is 4.39. The molecule has 0 amide bonds. The summed E-state index contributed by atoms with van der Waals surface area (Å²) in [5.41, 5.74) is 9.02. The fraction of sp³-hybridized carbons (Fsp3) is 0.647. The number of rotatable bonds is 4. The van der Waals surface area contributed by atoms with Gasteiger partial charge in [0.1, 0.15) is 0 Å². The Morgan fingerprint density at radius 1 is 1.35 bits per heavy atom. The summed E-state index contributed by atoms with van der Waals surface area (Å²) < 4.78 is 5.94. The molecule has 2 aliphatic rings. The Bertz CT molecular complexity index is 448. The SMILES string of the molecule is CCc1ccccc1C(CN)N1CCOC2CCCC21.